The van der Waals surface area contributed by atoms with Crippen LogP contribution in [-0.2, 0) is 4.74 Å². The van der Waals surface area contributed by atoms with Crippen LogP contribution in [0.5, 0.6) is 0 Å². The fraction of sp³-hybridized carbons (Fsp3) is 0.364. The molecule has 0 fully saturated rings. The van der Waals surface area contributed by atoms with Crippen molar-refractivity contribution >= 4 is 5.97 Å². The molecule has 0 heterocycles. The zero-order chi connectivity index (χ0) is 11.3. The molecular formula is C11H15NO3. The third kappa shape index (κ3) is 2.78. The van der Waals surface area contributed by atoms with Crippen LogP contribution in [0.25, 0.3) is 0 Å². The molecule has 4 heteroatoms. The van der Waals surface area contributed by atoms with E-state index in [1.54, 1.807) is 24.3 Å². The van der Waals surface area contributed by atoms with E-state index in [-0.39, 0.29) is 0 Å². The first-order chi connectivity index (χ1) is 7.20. The molecule has 0 saturated carbocycles. The van der Waals surface area contributed by atoms with Gasteiger partial charge in [0.1, 0.15) is 0 Å². The van der Waals surface area contributed by atoms with Crippen LogP contribution in [0.2, 0.25) is 0 Å². The van der Waals surface area contributed by atoms with E-state index in [9.17, 15) is 9.90 Å². The summed E-state index contributed by atoms with van der Waals surface area (Å²) in [5, 5.41) is 9.76. The highest BCUT2D eigenvalue weighted by Crippen LogP contribution is 2.20. The first kappa shape index (κ1) is 11.7. The molecule has 0 saturated heterocycles. The Morgan fingerprint density at radius 3 is 2.80 bits per heavy atom. The van der Waals surface area contributed by atoms with Crippen LogP contribution in [0.4, 0.5) is 0 Å². The monoisotopic (exact) mass is 209 g/mol. The summed E-state index contributed by atoms with van der Waals surface area (Å²) in [4.78, 5) is 11.4. The predicted octanol–water partition coefficient (Wildman–Crippen LogP) is 0.855. The average Bonchev–Trinajstić information content (AvgIpc) is 2.28. The van der Waals surface area contributed by atoms with E-state index < -0.39 is 12.1 Å². The molecule has 0 aromatic heterocycles. The standard InChI is InChI=1S/C11H15NO3/c1-15-11(14)9-5-3-2-4-8(9)10(13)6-7-12/h2-5,10,13H,6-7,12H2,1H3/t10-/m0/s1. The molecule has 0 bridgehead atoms. The maximum atomic E-state index is 11.4. The Hall–Kier alpha value is -1.39. The Labute approximate surface area is 88.7 Å². The van der Waals surface area contributed by atoms with Gasteiger partial charge in [0.15, 0.2) is 0 Å². The van der Waals surface area contributed by atoms with Crippen molar-refractivity contribution in [3.05, 3.63) is 35.4 Å². The summed E-state index contributed by atoms with van der Waals surface area (Å²) in [5.74, 6) is -0.443. The summed E-state index contributed by atoms with van der Waals surface area (Å²) in [6.45, 7) is 0.372. The highest BCUT2D eigenvalue weighted by atomic mass is 16.5. The van der Waals surface area contributed by atoms with Crippen LogP contribution in [0.1, 0.15) is 28.4 Å². The molecule has 0 aliphatic rings. The molecule has 1 aromatic rings. The molecule has 0 amide bonds. The molecule has 4 nitrogen and oxygen atoms in total. The lowest BCUT2D eigenvalue weighted by molar-refractivity contribution is 0.0592. The number of esters is 1. The van der Waals surface area contributed by atoms with Crippen molar-refractivity contribution in [3.8, 4) is 0 Å². The van der Waals surface area contributed by atoms with E-state index >= 15 is 0 Å². The Morgan fingerprint density at radius 2 is 2.20 bits per heavy atom. The number of nitrogens with two attached hydrogens (primary N) is 1. The minimum atomic E-state index is -0.717. The molecule has 1 atom stereocenters. The van der Waals surface area contributed by atoms with Gasteiger partial charge in [0, 0.05) is 0 Å². The van der Waals surface area contributed by atoms with E-state index in [0.717, 1.165) is 0 Å². The van der Waals surface area contributed by atoms with E-state index in [4.69, 9.17) is 5.73 Å². The summed E-state index contributed by atoms with van der Waals surface area (Å²) < 4.78 is 4.62. The van der Waals surface area contributed by atoms with Gasteiger partial charge in [0.05, 0.1) is 18.8 Å². The maximum Gasteiger partial charge on any atom is 0.338 e. The molecule has 82 valence electrons. The Bertz CT molecular complexity index is 338. The average molecular weight is 209 g/mol. The van der Waals surface area contributed by atoms with E-state index in [0.29, 0.717) is 24.1 Å². The summed E-state index contributed by atoms with van der Waals surface area (Å²) in [6, 6.07) is 6.82. The molecule has 0 unspecified atom stereocenters. The summed E-state index contributed by atoms with van der Waals surface area (Å²) in [6.07, 6.45) is -0.293. The fourth-order valence-electron chi connectivity index (χ4n) is 1.40. The van der Waals surface area contributed by atoms with Crippen molar-refractivity contribution in [2.24, 2.45) is 5.73 Å². The van der Waals surface area contributed by atoms with Crippen LogP contribution in [0, 0.1) is 0 Å². The van der Waals surface area contributed by atoms with Gasteiger partial charge >= 0.3 is 5.97 Å². The first-order valence-corrected chi connectivity index (χ1v) is 4.76. The van der Waals surface area contributed by atoms with E-state index in [2.05, 4.69) is 4.74 Å². The largest absolute Gasteiger partial charge is 0.465 e. The number of carbonyl (C=O) groups is 1. The number of rotatable bonds is 4. The molecule has 0 radical (unpaired) electrons. The zero-order valence-corrected chi connectivity index (χ0v) is 8.64. The highest BCUT2D eigenvalue weighted by Gasteiger charge is 2.16. The number of aliphatic hydroxyl groups excluding tert-OH is 1. The van der Waals surface area contributed by atoms with E-state index in [1.165, 1.54) is 7.11 Å². The van der Waals surface area contributed by atoms with Gasteiger partial charge < -0.3 is 15.6 Å². The van der Waals surface area contributed by atoms with E-state index in [1.807, 2.05) is 0 Å². The van der Waals surface area contributed by atoms with Crippen LogP contribution in [-0.4, -0.2) is 24.7 Å². The maximum absolute atomic E-state index is 11.4. The topological polar surface area (TPSA) is 72.5 Å². The lowest BCUT2D eigenvalue weighted by atomic mass is 10.0. The van der Waals surface area contributed by atoms with Crippen molar-refractivity contribution in [1.82, 2.24) is 0 Å². The fourth-order valence-corrected chi connectivity index (χ4v) is 1.40. The molecule has 0 aliphatic heterocycles. The van der Waals surface area contributed by atoms with Crippen LogP contribution >= 0.6 is 0 Å². The second-order valence-electron chi connectivity index (χ2n) is 3.17. The Balaban J connectivity index is 3.00. The quantitative estimate of drug-likeness (QED) is 0.721. The summed E-state index contributed by atoms with van der Waals surface area (Å²) >= 11 is 0. The molecule has 0 spiro atoms. The lowest BCUT2D eigenvalue weighted by Gasteiger charge is -2.13. The number of hydrogen-bond acceptors (Lipinski definition) is 4. The second-order valence-corrected chi connectivity index (χ2v) is 3.17. The zero-order valence-electron chi connectivity index (χ0n) is 8.64. The third-order valence-electron chi connectivity index (χ3n) is 2.17. The van der Waals surface area contributed by atoms with Gasteiger partial charge in [-0.3, -0.25) is 0 Å². The SMILES string of the molecule is COC(=O)c1ccccc1[C@@H](O)CCN. The number of aliphatic hydroxyl groups is 1. The van der Waals surface area contributed by atoms with Crippen molar-refractivity contribution in [2.75, 3.05) is 13.7 Å². The summed E-state index contributed by atoms with van der Waals surface area (Å²) in [5.41, 5.74) is 6.30. The lowest BCUT2D eigenvalue weighted by Crippen LogP contribution is -2.12. The molecule has 1 rings (SSSR count). The van der Waals surface area contributed by atoms with Crippen molar-refractivity contribution in [2.45, 2.75) is 12.5 Å². The highest BCUT2D eigenvalue weighted by molar-refractivity contribution is 5.91. The van der Waals surface area contributed by atoms with Crippen LogP contribution in [0.3, 0.4) is 0 Å². The number of benzene rings is 1. The number of carbonyl (C=O) groups excluding carboxylic acids is 1. The molecule has 0 aliphatic carbocycles. The van der Waals surface area contributed by atoms with Gasteiger partial charge in [-0.15, -0.1) is 0 Å². The normalized spacial score (nSPS) is 12.2. The number of hydrogen-bond donors (Lipinski definition) is 2. The second kappa shape index (κ2) is 5.48. The molecular weight excluding hydrogens is 194 g/mol. The van der Waals surface area contributed by atoms with Crippen molar-refractivity contribution in [1.29, 1.82) is 0 Å². The van der Waals surface area contributed by atoms with Gasteiger partial charge in [-0.05, 0) is 24.6 Å². The van der Waals surface area contributed by atoms with Crippen LogP contribution in [0.15, 0.2) is 24.3 Å². The van der Waals surface area contributed by atoms with Gasteiger partial charge in [0.2, 0.25) is 0 Å². The Morgan fingerprint density at radius 1 is 1.53 bits per heavy atom. The predicted molar refractivity (Wildman–Crippen MR) is 56.4 cm³/mol. The molecule has 3 N–H and O–H groups in total. The first-order valence-electron chi connectivity index (χ1n) is 4.76. The number of methoxy groups -OCH3 is 1. The number of ether oxygens (including phenoxy) is 1. The smallest absolute Gasteiger partial charge is 0.338 e. The summed E-state index contributed by atoms with van der Waals surface area (Å²) in [7, 11) is 1.31. The van der Waals surface area contributed by atoms with Crippen molar-refractivity contribution < 1.29 is 14.6 Å². The minimum Gasteiger partial charge on any atom is -0.465 e. The van der Waals surface area contributed by atoms with Gasteiger partial charge in [-0.25, -0.2) is 4.79 Å². The minimum absolute atomic E-state index is 0.372. The third-order valence-corrected chi connectivity index (χ3v) is 2.17. The Kier molecular flexibility index (Phi) is 4.27. The van der Waals surface area contributed by atoms with Crippen LogP contribution < -0.4 is 5.73 Å². The van der Waals surface area contributed by atoms with Gasteiger partial charge in [0.25, 0.3) is 0 Å². The van der Waals surface area contributed by atoms with Crippen molar-refractivity contribution in [3.63, 3.8) is 0 Å². The van der Waals surface area contributed by atoms with Gasteiger partial charge in [-0.2, -0.15) is 0 Å². The molecule has 15 heavy (non-hydrogen) atoms. The van der Waals surface area contributed by atoms with Gasteiger partial charge in [-0.1, -0.05) is 18.2 Å². The molecule has 1 aromatic carbocycles.